The summed E-state index contributed by atoms with van der Waals surface area (Å²) in [5, 5.41) is 20.5. The van der Waals surface area contributed by atoms with Gasteiger partial charge in [0.05, 0.1) is 17.3 Å². The van der Waals surface area contributed by atoms with Crippen molar-refractivity contribution in [3.8, 4) is 5.75 Å². The first-order chi connectivity index (χ1) is 20.7. The van der Waals surface area contributed by atoms with E-state index in [0.717, 1.165) is 30.3 Å². The zero-order valence-electron chi connectivity index (χ0n) is 23.5. The summed E-state index contributed by atoms with van der Waals surface area (Å²) in [7, 11) is -19.3. The molecule has 4 aromatic rings. The first-order valence-corrected chi connectivity index (χ1v) is 17.9. The van der Waals surface area contributed by atoms with Crippen molar-refractivity contribution in [3.63, 3.8) is 0 Å². The third kappa shape index (κ3) is 8.63. The van der Waals surface area contributed by atoms with E-state index in [4.69, 9.17) is 4.55 Å². The Morgan fingerprint density at radius 2 is 1.46 bits per heavy atom. The summed E-state index contributed by atoms with van der Waals surface area (Å²) in [4.78, 5) is 9.17. The molecule has 0 bridgehead atoms. The number of nitrogens with one attached hydrogen (secondary N) is 1. The monoisotopic (exact) mass is 726 g/mol. The number of aromatic hydroxyl groups is 1. The van der Waals surface area contributed by atoms with Crippen molar-refractivity contribution < 1.29 is 61.4 Å². The number of phenolic OH excluding ortho intramolecular Hbond substituents is 1. The first-order valence-electron chi connectivity index (χ1n) is 12.0. The molecule has 0 saturated carbocycles. The molecule has 1 amide bonds. The predicted molar refractivity (Wildman–Crippen MR) is 163 cm³/mol. The Hall–Kier alpha value is -3.09. The summed E-state index contributed by atoms with van der Waals surface area (Å²) in [5.74, 6) is -2.11. The van der Waals surface area contributed by atoms with Crippen LogP contribution in [-0.4, -0.2) is 100 Å². The number of amides is 1. The third-order valence-electron chi connectivity index (χ3n) is 6.03. The summed E-state index contributed by atoms with van der Waals surface area (Å²) >= 11 is 0. The minimum Gasteiger partial charge on any atom is -0.505 e. The van der Waals surface area contributed by atoms with Crippen LogP contribution in [0.3, 0.4) is 0 Å². The minimum atomic E-state index is -5.12. The predicted octanol–water partition coefficient (Wildman–Crippen LogP) is 2.78. The fourth-order valence-corrected chi connectivity index (χ4v) is 7.22. The van der Waals surface area contributed by atoms with Crippen molar-refractivity contribution in [3.05, 3.63) is 54.6 Å². The van der Waals surface area contributed by atoms with Gasteiger partial charge < -0.3 is 10.4 Å². The molecular formula is C24H21N3NaO14S4. The molecule has 0 aliphatic rings. The van der Waals surface area contributed by atoms with Gasteiger partial charge in [-0.15, -0.1) is 10.2 Å². The van der Waals surface area contributed by atoms with Gasteiger partial charge >= 0.3 is 10.4 Å². The molecule has 0 unspecified atom stereocenters. The second-order valence-electron chi connectivity index (χ2n) is 9.20. The van der Waals surface area contributed by atoms with Crippen molar-refractivity contribution >= 4 is 115 Å². The Balaban J connectivity index is 0.00000576. The number of azo groups is 1. The number of carbonyl (C=O) groups excluding carboxylic acids is 1. The molecule has 4 aromatic carbocycles. The van der Waals surface area contributed by atoms with E-state index in [0.29, 0.717) is 0 Å². The maximum absolute atomic E-state index is 12.6. The number of fused-ring (bicyclic) bond motifs is 2. The third-order valence-corrected chi connectivity index (χ3v) is 9.98. The van der Waals surface area contributed by atoms with E-state index >= 15 is 0 Å². The van der Waals surface area contributed by atoms with Gasteiger partial charge in [0.15, 0.2) is 15.6 Å². The van der Waals surface area contributed by atoms with Gasteiger partial charge in [-0.25, -0.2) is 12.6 Å². The van der Waals surface area contributed by atoms with Crippen LogP contribution in [0.1, 0.15) is 6.92 Å². The molecule has 0 aliphatic carbocycles. The van der Waals surface area contributed by atoms with Crippen LogP contribution in [0, 0.1) is 0 Å². The normalized spacial score (nSPS) is 12.8. The van der Waals surface area contributed by atoms with Gasteiger partial charge in [-0.05, 0) is 53.2 Å². The maximum Gasteiger partial charge on any atom is 0.397 e. The Bertz CT molecular complexity index is 2360. The Kier molecular flexibility index (Phi) is 11.0. The largest absolute Gasteiger partial charge is 0.505 e. The van der Waals surface area contributed by atoms with E-state index in [1.807, 2.05) is 0 Å². The van der Waals surface area contributed by atoms with E-state index in [2.05, 4.69) is 19.7 Å². The smallest absolute Gasteiger partial charge is 0.397 e. The van der Waals surface area contributed by atoms with Crippen LogP contribution in [-0.2, 0) is 49.5 Å². The first kappa shape index (κ1) is 37.4. The van der Waals surface area contributed by atoms with Gasteiger partial charge in [0.25, 0.3) is 20.2 Å². The molecule has 0 aliphatic heterocycles. The second-order valence-corrected chi connectivity index (χ2v) is 15.2. The van der Waals surface area contributed by atoms with Crippen molar-refractivity contribution in [1.82, 2.24) is 0 Å². The minimum absolute atomic E-state index is 0. The molecule has 0 atom stereocenters. The van der Waals surface area contributed by atoms with Gasteiger partial charge in [-0.3, -0.25) is 18.5 Å². The summed E-state index contributed by atoms with van der Waals surface area (Å²) < 4.78 is 128. The molecule has 0 heterocycles. The summed E-state index contributed by atoms with van der Waals surface area (Å²) in [6.07, 6.45) is 0. The zero-order valence-corrected chi connectivity index (χ0v) is 28.8. The summed E-state index contributed by atoms with van der Waals surface area (Å²) in [6.45, 7) is 0.314. The van der Waals surface area contributed by atoms with Gasteiger partial charge in [0.1, 0.15) is 21.2 Å². The van der Waals surface area contributed by atoms with E-state index < -0.39 is 90.6 Å². The fourth-order valence-electron chi connectivity index (χ4n) is 4.21. The van der Waals surface area contributed by atoms with Gasteiger partial charge in [0, 0.05) is 52.9 Å². The van der Waals surface area contributed by atoms with Gasteiger partial charge in [-0.2, -0.15) is 25.3 Å². The number of carbonyl (C=O) groups is 1. The van der Waals surface area contributed by atoms with Crippen molar-refractivity contribution in [2.45, 2.75) is 21.6 Å². The molecule has 0 fully saturated rings. The van der Waals surface area contributed by atoms with E-state index in [-0.39, 0.29) is 56.8 Å². The molecule has 22 heteroatoms. The van der Waals surface area contributed by atoms with Gasteiger partial charge in [0.2, 0.25) is 5.91 Å². The topological polar surface area (TPSA) is 281 Å². The quantitative estimate of drug-likeness (QED) is 0.0893. The number of rotatable bonds is 10. The Morgan fingerprint density at radius 1 is 0.804 bits per heavy atom. The summed E-state index contributed by atoms with van der Waals surface area (Å²) in [5.41, 5.74) is -1.14. The fraction of sp³-hybridized carbons (Fsp3) is 0.125. The van der Waals surface area contributed by atoms with E-state index in [9.17, 15) is 52.7 Å². The molecule has 17 nitrogen and oxygen atoms in total. The summed E-state index contributed by atoms with van der Waals surface area (Å²) in [6, 6.07) is 10.0. The molecule has 46 heavy (non-hydrogen) atoms. The maximum atomic E-state index is 12.6. The average molecular weight is 727 g/mol. The molecule has 0 spiro atoms. The number of sulfone groups is 1. The number of hydrogen-bond donors (Lipinski definition) is 5. The van der Waals surface area contributed by atoms with Crippen LogP contribution in [0.2, 0.25) is 0 Å². The molecular weight excluding hydrogens is 706 g/mol. The van der Waals surface area contributed by atoms with Crippen LogP contribution in [0.5, 0.6) is 5.75 Å². The average Bonchev–Trinajstić information content (AvgIpc) is 2.89. The van der Waals surface area contributed by atoms with Crippen LogP contribution < -0.4 is 5.32 Å². The molecule has 0 saturated heterocycles. The second kappa shape index (κ2) is 13.6. The molecule has 241 valence electrons. The Labute approximate surface area is 284 Å². The molecule has 0 aromatic heterocycles. The number of hydrogen-bond acceptors (Lipinski definition) is 13. The number of nitrogens with zero attached hydrogens (tertiary/aromatic N) is 2. The zero-order chi connectivity index (χ0) is 33.5. The van der Waals surface area contributed by atoms with E-state index in [1.54, 1.807) is 0 Å². The number of benzene rings is 4. The SMILES string of the molecule is CC(=O)Nc1ccc2c(O)c(N=Nc3ccc4cc(S(=O)(=O)CCOS(=O)(=O)O)ccc4c3S(=O)(=O)O)c(S(=O)(=O)O)cc2c1.[Na]. The number of anilines is 1. The van der Waals surface area contributed by atoms with Crippen molar-refractivity contribution in [1.29, 1.82) is 0 Å². The molecule has 1 radical (unpaired) electrons. The van der Waals surface area contributed by atoms with Crippen molar-refractivity contribution in [2.24, 2.45) is 10.2 Å². The van der Waals surface area contributed by atoms with E-state index in [1.165, 1.54) is 31.2 Å². The van der Waals surface area contributed by atoms with Gasteiger partial charge in [-0.1, -0.05) is 12.1 Å². The molecule has 4 rings (SSSR count). The van der Waals surface area contributed by atoms with Crippen LogP contribution in [0.25, 0.3) is 21.5 Å². The van der Waals surface area contributed by atoms with Crippen LogP contribution in [0.15, 0.2) is 79.5 Å². The van der Waals surface area contributed by atoms with Crippen LogP contribution >= 0.6 is 0 Å². The standard InChI is InChI=1S/C24H21N3O14S4.Na/c1-13(28)25-16-3-5-18-15(10-16)12-21(43(32,33)34)22(23(18)29)27-26-20-7-2-14-11-17(4-6-19(14)24(20)44(35,36)37)42(30,31)9-8-41-45(38,39)40;/h2-7,10-12,29H,8-9H2,1H3,(H,25,28)(H,32,33,34)(H,35,36,37)(H,38,39,40);. The number of phenols is 1. The molecule has 5 N–H and O–H groups in total. The van der Waals surface area contributed by atoms with Crippen LogP contribution in [0.4, 0.5) is 17.1 Å². The van der Waals surface area contributed by atoms with Crippen molar-refractivity contribution in [2.75, 3.05) is 17.7 Å². The Morgan fingerprint density at radius 3 is 2.04 bits per heavy atom.